The Bertz CT molecular complexity index is 1070. The first-order chi connectivity index (χ1) is 13.1. The molecule has 1 aromatic carbocycles. The fourth-order valence-corrected chi connectivity index (χ4v) is 3.35. The predicted molar refractivity (Wildman–Crippen MR) is 101 cm³/mol. The van der Waals surface area contributed by atoms with Gasteiger partial charge in [0.05, 0.1) is 16.6 Å². The lowest BCUT2D eigenvalue weighted by Gasteiger charge is -2.13. The summed E-state index contributed by atoms with van der Waals surface area (Å²) < 4.78 is 0. The fourth-order valence-electron chi connectivity index (χ4n) is 3.35. The quantitative estimate of drug-likeness (QED) is 0.655. The van der Waals surface area contributed by atoms with Crippen molar-refractivity contribution in [1.82, 2.24) is 15.0 Å². The summed E-state index contributed by atoms with van der Waals surface area (Å²) in [5.74, 6) is -1.14. The number of rotatable bonds is 4. The SMILES string of the molecule is O=C(Nc1cccc(-c2ncnc3[nH]cc(C(=O)O)c23)c1)C1=CCCCC1. The van der Waals surface area contributed by atoms with Gasteiger partial charge in [0, 0.05) is 23.0 Å². The lowest BCUT2D eigenvalue weighted by atomic mass is 9.99. The van der Waals surface area contributed by atoms with Crippen molar-refractivity contribution in [2.24, 2.45) is 0 Å². The van der Waals surface area contributed by atoms with Crippen molar-refractivity contribution in [3.05, 3.63) is 54.0 Å². The van der Waals surface area contributed by atoms with Crippen molar-refractivity contribution in [3.8, 4) is 11.3 Å². The molecule has 1 aliphatic rings. The lowest BCUT2D eigenvalue weighted by molar-refractivity contribution is -0.113. The van der Waals surface area contributed by atoms with Crippen molar-refractivity contribution >= 4 is 28.6 Å². The van der Waals surface area contributed by atoms with Gasteiger partial charge in [-0.1, -0.05) is 18.2 Å². The van der Waals surface area contributed by atoms with Crippen molar-refractivity contribution < 1.29 is 14.7 Å². The van der Waals surface area contributed by atoms with Crippen LogP contribution in [-0.2, 0) is 4.79 Å². The summed E-state index contributed by atoms with van der Waals surface area (Å²) in [5.41, 5.74) is 3.24. The van der Waals surface area contributed by atoms with Gasteiger partial charge < -0.3 is 15.4 Å². The summed E-state index contributed by atoms with van der Waals surface area (Å²) in [6, 6.07) is 7.23. The lowest BCUT2D eigenvalue weighted by Crippen LogP contribution is -2.15. The van der Waals surface area contributed by atoms with Crippen LogP contribution < -0.4 is 5.32 Å². The van der Waals surface area contributed by atoms with Crippen LogP contribution in [0.3, 0.4) is 0 Å². The van der Waals surface area contributed by atoms with E-state index in [-0.39, 0.29) is 11.5 Å². The summed E-state index contributed by atoms with van der Waals surface area (Å²) >= 11 is 0. The van der Waals surface area contributed by atoms with Crippen molar-refractivity contribution in [2.45, 2.75) is 25.7 Å². The first-order valence-electron chi connectivity index (χ1n) is 8.79. The largest absolute Gasteiger partial charge is 0.478 e. The Hall–Kier alpha value is -3.48. The van der Waals surface area contributed by atoms with Gasteiger partial charge in [-0.2, -0.15) is 0 Å². The third kappa shape index (κ3) is 3.31. The minimum absolute atomic E-state index is 0.0902. The number of aromatic amines is 1. The zero-order chi connectivity index (χ0) is 18.8. The van der Waals surface area contributed by atoms with Gasteiger partial charge in [0.1, 0.15) is 12.0 Å². The second-order valence-corrected chi connectivity index (χ2v) is 6.46. The number of aromatic nitrogens is 3. The van der Waals surface area contributed by atoms with Gasteiger partial charge in [-0.25, -0.2) is 14.8 Å². The van der Waals surface area contributed by atoms with Crippen molar-refractivity contribution in [2.75, 3.05) is 5.32 Å². The number of carbonyl (C=O) groups excluding carboxylic acids is 1. The van der Waals surface area contributed by atoms with Crippen LogP contribution in [0.15, 0.2) is 48.4 Å². The molecule has 0 bridgehead atoms. The maximum absolute atomic E-state index is 12.4. The number of anilines is 1. The molecule has 1 amide bonds. The van der Waals surface area contributed by atoms with Gasteiger partial charge in [-0.3, -0.25) is 4.79 Å². The Morgan fingerprint density at radius 1 is 1.19 bits per heavy atom. The van der Waals surface area contributed by atoms with Crippen LogP contribution in [0, 0.1) is 0 Å². The molecule has 2 heterocycles. The number of nitrogens with one attached hydrogen (secondary N) is 2. The maximum Gasteiger partial charge on any atom is 0.338 e. The van der Waals surface area contributed by atoms with E-state index in [4.69, 9.17) is 0 Å². The summed E-state index contributed by atoms with van der Waals surface area (Å²) in [5, 5.41) is 12.8. The van der Waals surface area contributed by atoms with E-state index in [0.717, 1.165) is 31.3 Å². The molecule has 0 saturated carbocycles. The van der Waals surface area contributed by atoms with Crippen LogP contribution in [0.4, 0.5) is 5.69 Å². The zero-order valence-corrected chi connectivity index (χ0v) is 14.5. The van der Waals surface area contributed by atoms with E-state index in [1.165, 1.54) is 12.5 Å². The third-order valence-electron chi connectivity index (χ3n) is 4.68. The van der Waals surface area contributed by atoms with Gasteiger partial charge in [0.2, 0.25) is 0 Å². The Labute approximate surface area is 155 Å². The van der Waals surface area contributed by atoms with Crippen LogP contribution in [0.5, 0.6) is 0 Å². The molecular formula is C20H18N4O3. The number of H-pyrrole nitrogens is 1. The van der Waals surface area contributed by atoms with Crippen LogP contribution in [0.2, 0.25) is 0 Å². The van der Waals surface area contributed by atoms with Crippen molar-refractivity contribution in [3.63, 3.8) is 0 Å². The smallest absolute Gasteiger partial charge is 0.338 e. The molecule has 1 aliphatic carbocycles. The minimum atomic E-state index is -1.05. The number of hydrogen-bond acceptors (Lipinski definition) is 4. The highest BCUT2D eigenvalue weighted by Gasteiger charge is 2.18. The molecule has 2 aromatic heterocycles. The standard InChI is InChI=1S/C20H18N4O3/c25-19(12-5-2-1-3-6-12)24-14-8-4-7-13(9-14)17-16-15(20(26)27)10-21-18(16)23-11-22-17/h4-5,7-11H,1-3,6H2,(H,24,25)(H,26,27)(H,21,22,23). The van der Waals surface area contributed by atoms with E-state index in [9.17, 15) is 14.7 Å². The average Bonchev–Trinajstić information content (AvgIpc) is 3.13. The van der Waals surface area contributed by atoms with Crippen LogP contribution in [-0.4, -0.2) is 31.9 Å². The monoisotopic (exact) mass is 362 g/mol. The molecule has 136 valence electrons. The molecule has 0 fully saturated rings. The first-order valence-corrected chi connectivity index (χ1v) is 8.79. The Morgan fingerprint density at radius 3 is 2.85 bits per heavy atom. The highest BCUT2D eigenvalue weighted by atomic mass is 16.4. The number of carboxylic acid groups (broad SMARTS) is 1. The normalized spacial score (nSPS) is 14.0. The molecule has 0 saturated heterocycles. The number of carbonyl (C=O) groups is 2. The van der Waals surface area contributed by atoms with Gasteiger partial charge in [-0.15, -0.1) is 0 Å². The van der Waals surface area contributed by atoms with Gasteiger partial charge >= 0.3 is 5.97 Å². The summed E-state index contributed by atoms with van der Waals surface area (Å²) in [6.45, 7) is 0. The van der Waals surface area contributed by atoms with E-state index in [1.54, 1.807) is 18.2 Å². The molecule has 0 atom stereocenters. The summed E-state index contributed by atoms with van der Waals surface area (Å²) in [4.78, 5) is 35.2. The van der Waals surface area contributed by atoms with Gasteiger partial charge in [-0.05, 0) is 37.8 Å². The Kier molecular flexibility index (Phi) is 4.42. The van der Waals surface area contributed by atoms with Crippen LogP contribution in [0.25, 0.3) is 22.3 Å². The number of fused-ring (bicyclic) bond motifs is 1. The molecule has 0 aliphatic heterocycles. The first kappa shape index (κ1) is 17.0. The third-order valence-corrected chi connectivity index (χ3v) is 4.68. The van der Waals surface area contributed by atoms with E-state index in [0.29, 0.717) is 28.0 Å². The minimum Gasteiger partial charge on any atom is -0.478 e. The number of nitrogens with zero attached hydrogens (tertiary/aromatic N) is 2. The second kappa shape index (κ2) is 7.03. The molecule has 27 heavy (non-hydrogen) atoms. The van der Waals surface area contributed by atoms with E-state index >= 15 is 0 Å². The number of benzene rings is 1. The van der Waals surface area contributed by atoms with Crippen LogP contribution in [0.1, 0.15) is 36.0 Å². The summed E-state index contributed by atoms with van der Waals surface area (Å²) in [6.07, 6.45) is 8.68. The number of amides is 1. The molecule has 3 aromatic rings. The molecule has 0 spiro atoms. The van der Waals surface area contributed by atoms with Crippen molar-refractivity contribution in [1.29, 1.82) is 0 Å². The topological polar surface area (TPSA) is 108 Å². The molecule has 0 radical (unpaired) electrons. The number of aromatic carboxylic acids is 1. The zero-order valence-electron chi connectivity index (χ0n) is 14.5. The number of hydrogen-bond donors (Lipinski definition) is 3. The Morgan fingerprint density at radius 2 is 2.07 bits per heavy atom. The van der Waals surface area contributed by atoms with E-state index in [1.807, 2.05) is 12.1 Å². The molecular weight excluding hydrogens is 344 g/mol. The van der Waals surface area contributed by atoms with E-state index in [2.05, 4.69) is 20.3 Å². The van der Waals surface area contributed by atoms with Gasteiger partial charge in [0.15, 0.2) is 0 Å². The molecule has 3 N–H and O–H groups in total. The van der Waals surface area contributed by atoms with E-state index < -0.39 is 5.97 Å². The molecule has 0 unspecified atom stereocenters. The molecule has 4 rings (SSSR count). The number of allylic oxidation sites excluding steroid dienone is 1. The van der Waals surface area contributed by atoms with Gasteiger partial charge in [0.25, 0.3) is 5.91 Å². The predicted octanol–water partition coefficient (Wildman–Crippen LogP) is 3.76. The maximum atomic E-state index is 12.4. The highest BCUT2D eigenvalue weighted by molar-refractivity contribution is 6.08. The molecule has 7 nitrogen and oxygen atoms in total. The second-order valence-electron chi connectivity index (χ2n) is 6.46. The highest BCUT2D eigenvalue weighted by Crippen LogP contribution is 2.30. The number of carboxylic acids is 1. The summed E-state index contributed by atoms with van der Waals surface area (Å²) in [7, 11) is 0. The van der Waals surface area contributed by atoms with Crippen LogP contribution >= 0.6 is 0 Å². The Balaban J connectivity index is 1.70. The average molecular weight is 362 g/mol. The molecule has 7 heteroatoms. The fraction of sp³-hybridized carbons (Fsp3) is 0.200.